The quantitative estimate of drug-likeness (QED) is 0.802. The number of benzene rings is 2. The van der Waals surface area contributed by atoms with E-state index in [0.29, 0.717) is 11.3 Å². The highest BCUT2D eigenvalue weighted by molar-refractivity contribution is 5.94. The predicted molar refractivity (Wildman–Crippen MR) is 84.1 cm³/mol. The summed E-state index contributed by atoms with van der Waals surface area (Å²) >= 11 is 0. The maximum absolute atomic E-state index is 12.1. The Labute approximate surface area is 127 Å². The van der Waals surface area contributed by atoms with E-state index in [-0.39, 0.29) is 12.3 Å². The largest absolute Gasteiger partial charge is 0.497 e. The number of ether oxygens (including phenoxy) is 1. The molecule has 1 amide bonds. The van der Waals surface area contributed by atoms with Gasteiger partial charge in [-0.2, -0.15) is 0 Å². The van der Waals surface area contributed by atoms with Crippen LogP contribution in [0.25, 0.3) is 11.0 Å². The number of fused-ring (bicyclic) bond motifs is 1. The lowest BCUT2D eigenvalue weighted by molar-refractivity contribution is -0.115. The number of methoxy groups -OCH3 is 1. The van der Waals surface area contributed by atoms with Crippen LogP contribution in [0.2, 0.25) is 0 Å². The topological polar surface area (TPSA) is 64.4 Å². The molecule has 1 aromatic heterocycles. The zero-order chi connectivity index (χ0) is 15.5. The summed E-state index contributed by atoms with van der Waals surface area (Å²) < 4.78 is 10.3. The van der Waals surface area contributed by atoms with Crippen LogP contribution < -0.4 is 10.1 Å². The molecule has 3 rings (SSSR count). The minimum absolute atomic E-state index is 0.137. The van der Waals surface area contributed by atoms with Crippen molar-refractivity contribution in [2.75, 3.05) is 12.4 Å². The van der Waals surface area contributed by atoms with Crippen molar-refractivity contribution in [3.8, 4) is 5.75 Å². The van der Waals surface area contributed by atoms with E-state index in [4.69, 9.17) is 9.26 Å². The van der Waals surface area contributed by atoms with Gasteiger partial charge in [-0.3, -0.25) is 4.79 Å². The lowest BCUT2D eigenvalue weighted by Gasteiger charge is -2.05. The van der Waals surface area contributed by atoms with Crippen molar-refractivity contribution in [3.05, 3.63) is 53.7 Å². The van der Waals surface area contributed by atoms with Gasteiger partial charge in [0.25, 0.3) is 0 Å². The van der Waals surface area contributed by atoms with Gasteiger partial charge >= 0.3 is 0 Å². The number of aromatic nitrogens is 1. The van der Waals surface area contributed by atoms with Crippen LogP contribution in [0.1, 0.15) is 11.3 Å². The molecule has 3 aromatic rings. The molecule has 5 nitrogen and oxygen atoms in total. The normalized spacial score (nSPS) is 10.6. The monoisotopic (exact) mass is 296 g/mol. The third-order valence-corrected chi connectivity index (χ3v) is 3.40. The molecule has 0 aliphatic rings. The van der Waals surface area contributed by atoms with E-state index in [1.165, 1.54) is 0 Å². The zero-order valence-corrected chi connectivity index (χ0v) is 12.4. The molecule has 0 unspecified atom stereocenters. The molecule has 0 saturated carbocycles. The standard InChI is InChI=1S/C17H16N2O3/c1-11-3-8-16-14(9-11)15(19-22-16)10-17(20)18-12-4-6-13(21-2)7-5-12/h3-9H,10H2,1-2H3,(H,18,20). The maximum Gasteiger partial charge on any atom is 0.230 e. The number of hydrogen-bond donors (Lipinski definition) is 1. The molecule has 22 heavy (non-hydrogen) atoms. The average Bonchev–Trinajstić information content (AvgIpc) is 2.90. The van der Waals surface area contributed by atoms with Crippen molar-refractivity contribution in [2.45, 2.75) is 13.3 Å². The first-order valence-electron chi connectivity index (χ1n) is 6.94. The molecule has 2 aromatic carbocycles. The second-order valence-electron chi connectivity index (χ2n) is 5.08. The van der Waals surface area contributed by atoms with E-state index < -0.39 is 0 Å². The maximum atomic E-state index is 12.1. The van der Waals surface area contributed by atoms with Crippen LogP contribution in [0, 0.1) is 6.92 Å². The molecule has 112 valence electrons. The Morgan fingerprint density at radius 3 is 2.73 bits per heavy atom. The Hall–Kier alpha value is -2.82. The van der Waals surface area contributed by atoms with Gasteiger partial charge in [-0.25, -0.2) is 0 Å². The number of nitrogens with zero attached hydrogens (tertiary/aromatic N) is 1. The first kappa shape index (κ1) is 14.1. The summed E-state index contributed by atoms with van der Waals surface area (Å²) in [4.78, 5) is 12.1. The number of nitrogens with one attached hydrogen (secondary N) is 1. The summed E-state index contributed by atoms with van der Waals surface area (Å²) in [6.07, 6.45) is 0.169. The zero-order valence-electron chi connectivity index (χ0n) is 12.4. The number of hydrogen-bond acceptors (Lipinski definition) is 4. The van der Waals surface area contributed by atoms with Crippen LogP contribution in [0.15, 0.2) is 47.0 Å². The van der Waals surface area contributed by atoms with Crippen molar-refractivity contribution in [2.24, 2.45) is 0 Å². The highest BCUT2D eigenvalue weighted by atomic mass is 16.5. The summed E-state index contributed by atoms with van der Waals surface area (Å²) in [5.74, 6) is 0.609. The predicted octanol–water partition coefficient (Wildman–Crippen LogP) is 3.33. The second-order valence-corrected chi connectivity index (χ2v) is 5.08. The third-order valence-electron chi connectivity index (χ3n) is 3.40. The molecular weight excluding hydrogens is 280 g/mol. The van der Waals surface area contributed by atoms with E-state index in [2.05, 4.69) is 10.5 Å². The number of carbonyl (C=O) groups is 1. The second kappa shape index (κ2) is 5.89. The number of amides is 1. The summed E-state index contributed by atoms with van der Waals surface area (Å²) in [6, 6.07) is 13.0. The lowest BCUT2D eigenvalue weighted by Crippen LogP contribution is -2.14. The Bertz CT molecular complexity index is 806. The molecule has 0 radical (unpaired) electrons. The van der Waals surface area contributed by atoms with Crippen molar-refractivity contribution in [1.82, 2.24) is 5.16 Å². The first-order valence-corrected chi connectivity index (χ1v) is 6.94. The van der Waals surface area contributed by atoms with Crippen molar-refractivity contribution >= 4 is 22.6 Å². The van der Waals surface area contributed by atoms with Gasteiger partial charge in [-0.05, 0) is 43.3 Å². The fourth-order valence-corrected chi connectivity index (χ4v) is 2.26. The highest BCUT2D eigenvalue weighted by Crippen LogP contribution is 2.21. The summed E-state index contributed by atoms with van der Waals surface area (Å²) in [5.41, 5.74) is 3.16. The van der Waals surface area contributed by atoms with Crippen LogP contribution in [-0.4, -0.2) is 18.2 Å². The fraction of sp³-hybridized carbons (Fsp3) is 0.176. The summed E-state index contributed by atoms with van der Waals surface area (Å²) in [6.45, 7) is 1.99. The van der Waals surface area contributed by atoms with Crippen LogP contribution in [-0.2, 0) is 11.2 Å². The van der Waals surface area contributed by atoms with Crippen molar-refractivity contribution < 1.29 is 14.1 Å². The van der Waals surface area contributed by atoms with Gasteiger partial charge in [0.2, 0.25) is 5.91 Å². The summed E-state index contributed by atoms with van der Waals surface area (Å²) in [7, 11) is 1.60. The van der Waals surface area contributed by atoms with Gasteiger partial charge < -0.3 is 14.6 Å². The van der Waals surface area contributed by atoms with Crippen LogP contribution >= 0.6 is 0 Å². The molecule has 0 saturated heterocycles. The fourth-order valence-electron chi connectivity index (χ4n) is 2.26. The molecule has 0 atom stereocenters. The first-order chi connectivity index (χ1) is 10.7. The van der Waals surface area contributed by atoms with Crippen LogP contribution in [0.3, 0.4) is 0 Å². The van der Waals surface area contributed by atoms with Gasteiger partial charge in [0.15, 0.2) is 5.58 Å². The summed E-state index contributed by atoms with van der Waals surface area (Å²) in [5, 5.41) is 7.70. The Balaban J connectivity index is 1.73. The Kier molecular flexibility index (Phi) is 3.78. The van der Waals surface area contributed by atoms with Crippen LogP contribution in [0.5, 0.6) is 5.75 Å². The van der Waals surface area contributed by atoms with Gasteiger partial charge in [-0.15, -0.1) is 0 Å². The SMILES string of the molecule is COc1ccc(NC(=O)Cc2noc3ccc(C)cc23)cc1. The van der Waals surface area contributed by atoms with E-state index in [9.17, 15) is 4.79 Å². The van der Waals surface area contributed by atoms with Gasteiger partial charge in [0, 0.05) is 11.1 Å². The van der Waals surface area contributed by atoms with Gasteiger partial charge in [0.1, 0.15) is 11.4 Å². The lowest BCUT2D eigenvalue weighted by atomic mass is 10.1. The highest BCUT2D eigenvalue weighted by Gasteiger charge is 2.12. The van der Waals surface area contributed by atoms with Crippen LogP contribution in [0.4, 0.5) is 5.69 Å². The van der Waals surface area contributed by atoms with Crippen molar-refractivity contribution in [3.63, 3.8) is 0 Å². The minimum atomic E-state index is -0.137. The molecule has 0 bridgehead atoms. The van der Waals surface area contributed by atoms with Gasteiger partial charge in [-0.1, -0.05) is 16.8 Å². The molecule has 5 heteroatoms. The molecule has 1 heterocycles. The molecule has 0 fully saturated rings. The van der Waals surface area contributed by atoms with E-state index >= 15 is 0 Å². The van der Waals surface area contributed by atoms with Gasteiger partial charge in [0.05, 0.1) is 13.5 Å². The molecule has 1 N–H and O–H groups in total. The van der Waals surface area contributed by atoms with Crippen molar-refractivity contribution in [1.29, 1.82) is 0 Å². The molecular formula is C17H16N2O3. The third kappa shape index (κ3) is 2.93. The molecule has 0 spiro atoms. The minimum Gasteiger partial charge on any atom is -0.497 e. The van der Waals surface area contributed by atoms with E-state index in [1.807, 2.05) is 25.1 Å². The van der Waals surface area contributed by atoms with E-state index in [0.717, 1.165) is 22.4 Å². The smallest absolute Gasteiger partial charge is 0.230 e. The number of carbonyl (C=O) groups excluding carboxylic acids is 1. The number of aryl methyl sites for hydroxylation is 1. The average molecular weight is 296 g/mol. The molecule has 0 aliphatic heterocycles. The Morgan fingerprint density at radius 2 is 2.00 bits per heavy atom. The molecule has 0 aliphatic carbocycles. The Morgan fingerprint density at radius 1 is 1.23 bits per heavy atom. The number of rotatable bonds is 4. The number of anilines is 1. The van der Waals surface area contributed by atoms with E-state index in [1.54, 1.807) is 31.4 Å².